The minimum atomic E-state index is 0.00641. The lowest BCUT2D eigenvalue weighted by atomic mass is 10.0. The van der Waals surface area contributed by atoms with Gasteiger partial charge in [-0.25, -0.2) is 0 Å². The van der Waals surface area contributed by atoms with E-state index < -0.39 is 0 Å². The monoisotopic (exact) mass is 286 g/mol. The molecule has 1 heterocycles. The Morgan fingerprint density at radius 3 is 2.60 bits per heavy atom. The maximum atomic E-state index is 12.6. The lowest BCUT2D eigenvalue weighted by molar-refractivity contribution is 0.103. The second-order valence-corrected chi connectivity index (χ2v) is 5.24. The van der Waals surface area contributed by atoms with Crippen LogP contribution in [0.3, 0.4) is 0 Å². The number of benzene rings is 2. The van der Waals surface area contributed by atoms with E-state index in [-0.39, 0.29) is 5.78 Å². The van der Waals surface area contributed by atoms with Crippen LogP contribution in [-0.4, -0.2) is 25.3 Å². The standard InChI is InChI=1S/C16H14O3S/c1-20-15-5-3-2-4-12(15)16(17)11-6-7-13-14(10-11)19-9-8-18-13/h2-7,10H,8-9H2,1H3. The molecule has 0 aromatic heterocycles. The van der Waals surface area contributed by atoms with Crippen LogP contribution in [0.25, 0.3) is 0 Å². The van der Waals surface area contributed by atoms with Gasteiger partial charge in [-0.2, -0.15) is 0 Å². The lowest BCUT2D eigenvalue weighted by Crippen LogP contribution is -2.16. The number of carbonyl (C=O) groups is 1. The third-order valence-corrected chi connectivity index (χ3v) is 3.95. The number of hydrogen-bond acceptors (Lipinski definition) is 4. The van der Waals surface area contributed by atoms with Crippen molar-refractivity contribution in [3.05, 3.63) is 53.6 Å². The zero-order valence-electron chi connectivity index (χ0n) is 11.1. The van der Waals surface area contributed by atoms with Crippen LogP contribution in [0, 0.1) is 0 Å². The normalized spacial score (nSPS) is 13.1. The van der Waals surface area contributed by atoms with E-state index >= 15 is 0 Å². The quantitative estimate of drug-likeness (QED) is 0.640. The average molecular weight is 286 g/mol. The van der Waals surface area contributed by atoms with Crippen LogP contribution in [0.2, 0.25) is 0 Å². The molecule has 0 radical (unpaired) electrons. The second kappa shape index (κ2) is 5.59. The predicted octanol–water partition coefficient (Wildman–Crippen LogP) is 3.41. The van der Waals surface area contributed by atoms with Crippen molar-refractivity contribution in [3.8, 4) is 11.5 Å². The SMILES string of the molecule is CSc1ccccc1C(=O)c1ccc2c(c1)OCCO2. The Morgan fingerprint density at radius 2 is 1.80 bits per heavy atom. The molecule has 1 aliphatic heterocycles. The van der Waals surface area contributed by atoms with Gasteiger partial charge in [0.25, 0.3) is 0 Å². The van der Waals surface area contributed by atoms with Gasteiger partial charge in [0.1, 0.15) is 13.2 Å². The van der Waals surface area contributed by atoms with Crippen LogP contribution < -0.4 is 9.47 Å². The first-order valence-electron chi connectivity index (χ1n) is 6.37. The highest BCUT2D eigenvalue weighted by Gasteiger charge is 2.17. The average Bonchev–Trinajstić information content (AvgIpc) is 2.53. The van der Waals surface area contributed by atoms with Gasteiger partial charge in [-0.05, 0) is 36.6 Å². The van der Waals surface area contributed by atoms with Crippen molar-refractivity contribution >= 4 is 17.5 Å². The Morgan fingerprint density at radius 1 is 1.05 bits per heavy atom. The van der Waals surface area contributed by atoms with E-state index in [4.69, 9.17) is 9.47 Å². The van der Waals surface area contributed by atoms with Gasteiger partial charge in [-0.3, -0.25) is 4.79 Å². The van der Waals surface area contributed by atoms with E-state index in [9.17, 15) is 4.79 Å². The first kappa shape index (κ1) is 13.1. The third-order valence-electron chi connectivity index (χ3n) is 3.16. The lowest BCUT2D eigenvalue weighted by Gasteiger charge is -2.18. The van der Waals surface area contributed by atoms with Crippen molar-refractivity contribution in [2.45, 2.75) is 4.90 Å². The summed E-state index contributed by atoms with van der Waals surface area (Å²) >= 11 is 1.57. The van der Waals surface area contributed by atoms with Crippen molar-refractivity contribution in [3.63, 3.8) is 0 Å². The molecule has 0 saturated carbocycles. The van der Waals surface area contributed by atoms with Crippen LogP contribution in [0.1, 0.15) is 15.9 Å². The molecule has 20 heavy (non-hydrogen) atoms. The topological polar surface area (TPSA) is 35.5 Å². The molecular weight excluding hydrogens is 272 g/mol. The zero-order chi connectivity index (χ0) is 13.9. The summed E-state index contributed by atoms with van der Waals surface area (Å²) in [5.41, 5.74) is 1.34. The van der Waals surface area contributed by atoms with Gasteiger partial charge in [0.2, 0.25) is 0 Å². The van der Waals surface area contributed by atoms with Crippen molar-refractivity contribution in [1.29, 1.82) is 0 Å². The number of hydrogen-bond donors (Lipinski definition) is 0. The predicted molar refractivity (Wildman–Crippen MR) is 79.1 cm³/mol. The van der Waals surface area contributed by atoms with Crippen molar-refractivity contribution < 1.29 is 14.3 Å². The molecule has 0 fully saturated rings. The fraction of sp³-hybridized carbons (Fsp3) is 0.188. The van der Waals surface area contributed by atoms with E-state index in [0.717, 1.165) is 10.5 Å². The molecule has 3 rings (SSSR count). The smallest absolute Gasteiger partial charge is 0.194 e. The van der Waals surface area contributed by atoms with Crippen molar-refractivity contribution in [2.75, 3.05) is 19.5 Å². The molecule has 0 amide bonds. The van der Waals surface area contributed by atoms with Crippen LogP contribution in [-0.2, 0) is 0 Å². The van der Waals surface area contributed by atoms with Gasteiger partial charge in [-0.15, -0.1) is 11.8 Å². The fourth-order valence-corrected chi connectivity index (χ4v) is 2.77. The number of fused-ring (bicyclic) bond motifs is 1. The molecule has 2 aromatic rings. The minimum absolute atomic E-state index is 0.00641. The summed E-state index contributed by atoms with van der Waals surface area (Å²) in [6.07, 6.45) is 1.97. The highest BCUT2D eigenvalue weighted by molar-refractivity contribution is 7.98. The summed E-state index contributed by atoms with van der Waals surface area (Å²) in [5.74, 6) is 1.35. The zero-order valence-corrected chi connectivity index (χ0v) is 11.9. The highest BCUT2D eigenvalue weighted by Crippen LogP contribution is 2.32. The molecule has 0 spiro atoms. The molecule has 0 bridgehead atoms. The molecule has 102 valence electrons. The maximum Gasteiger partial charge on any atom is 0.194 e. The first-order chi connectivity index (χ1) is 9.79. The summed E-state index contributed by atoms with van der Waals surface area (Å²) < 4.78 is 11.0. The van der Waals surface area contributed by atoms with Crippen LogP contribution in [0.4, 0.5) is 0 Å². The Hall–Kier alpha value is -1.94. The largest absolute Gasteiger partial charge is 0.486 e. The molecule has 0 atom stereocenters. The van der Waals surface area contributed by atoms with Gasteiger partial charge in [0.15, 0.2) is 17.3 Å². The molecule has 0 unspecified atom stereocenters. The fourth-order valence-electron chi connectivity index (χ4n) is 2.17. The number of ether oxygens (including phenoxy) is 2. The molecule has 3 nitrogen and oxygen atoms in total. The van der Waals surface area contributed by atoms with E-state index in [1.54, 1.807) is 30.0 Å². The van der Waals surface area contributed by atoms with Crippen LogP contribution >= 0.6 is 11.8 Å². The summed E-state index contributed by atoms with van der Waals surface area (Å²) in [5, 5.41) is 0. The summed E-state index contributed by atoms with van der Waals surface area (Å²) in [4.78, 5) is 13.6. The van der Waals surface area contributed by atoms with E-state index in [1.807, 2.05) is 30.5 Å². The Kier molecular flexibility index (Phi) is 3.65. The first-order valence-corrected chi connectivity index (χ1v) is 7.59. The summed E-state index contributed by atoms with van der Waals surface area (Å²) in [7, 11) is 0. The highest BCUT2D eigenvalue weighted by atomic mass is 32.2. The van der Waals surface area contributed by atoms with Crippen molar-refractivity contribution in [2.24, 2.45) is 0 Å². The van der Waals surface area contributed by atoms with E-state index in [0.29, 0.717) is 30.3 Å². The molecule has 4 heteroatoms. The van der Waals surface area contributed by atoms with Crippen molar-refractivity contribution in [1.82, 2.24) is 0 Å². The third kappa shape index (κ3) is 2.39. The molecule has 0 saturated heterocycles. The number of thioether (sulfide) groups is 1. The van der Waals surface area contributed by atoms with E-state index in [2.05, 4.69) is 0 Å². The molecular formula is C16H14O3S. The van der Waals surface area contributed by atoms with E-state index in [1.165, 1.54) is 0 Å². The molecule has 0 aliphatic carbocycles. The van der Waals surface area contributed by atoms with Gasteiger partial charge in [0.05, 0.1) is 0 Å². The summed E-state index contributed by atoms with van der Waals surface area (Å²) in [6, 6.07) is 13.0. The number of rotatable bonds is 3. The number of ketones is 1. The van der Waals surface area contributed by atoms with Gasteiger partial charge >= 0.3 is 0 Å². The minimum Gasteiger partial charge on any atom is -0.486 e. The van der Waals surface area contributed by atoms with Gasteiger partial charge < -0.3 is 9.47 Å². The Labute approximate surface area is 121 Å². The number of carbonyl (C=O) groups excluding carboxylic acids is 1. The Balaban J connectivity index is 1.98. The molecule has 0 N–H and O–H groups in total. The van der Waals surface area contributed by atoms with Gasteiger partial charge in [-0.1, -0.05) is 12.1 Å². The second-order valence-electron chi connectivity index (χ2n) is 4.39. The maximum absolute atomic E-state index is 12.6. The van der Waals surface area contributed by atoms with Gasteiger partial charge in [0, 0.05) is 16.0 Å². The van der Waals surface area contributed by atoms with Crippen LogP contribution in [0.5, 0.6) is 11.5 Å². The molecule has 1 aliphatic rings. The Bertz CT molecular complexity index is 652. The van der Waals surface area contributed by atoms with Crippen LogP contribution in [0.15, 0.2) is 47.4 Å². The summed E-state index contributed by atoms with van der Waals surface area (Å²) in [6.45, 7) is 1.07. The molecule has 2 aromatic carbocycles.